The lowest BCUT2D eigenvalue weighted by Gasteiger charge is -2.21. The normalized spacial score (nSPS) is 12.8. The molecule has 5 rings (SSSR count). The summed E-state index contributed by atoms with van der Waals surface area (Å²) >= 11 is 6.26. The van der Waals surface area contributed by atoms with E-state index in [1.807, 2.05) is 49.4 Å². The largest absolute Gasteiger partial charge is 0.497 e. The van der Waals surface area contributed by atoms with Gasteiger partial charge in [-0.2, -0.15) is 0 Å². The second kappa shape index (κ2) is 8.81. The quantitative estimate of drug-likeness (QED) is 0.344. The standard InChI is InChI=1S/C26H21ClO6/c1-15-22-11-21(31-13-18-10-19(27)9-17-12-30-14-32-25(17)18)7-8-23(22)33-26(28)24(15)16-3-5-20(29-2)6-4-16/h3-11H,12-14H2,1-2H3. The van der Waals surface area contributed by atoms with E-state index >= 15 is 0 Å². The molecule has 4 aromatic rings. The van der Waals surface area contributed by atoms with E-state index in [1.54, 1.807) is 19.2 Å². The van der Waals surface area contributed by atoms with Crippen molar-refractivity contribution in [1.29, 1.82) is 0 Å². The Kier molecular flexibility index (Phi) is 5.70. The van der Waals surface area contributed by atoms with Gasteiger partial charge in [-0.05, 0) is 60.5 Å². The minimum Gasteiger partial charge on any atom is -0.497 e. The summed E-state index contributed by atoms with van der Waals surface area (Å²) in [4.78, 5) is 12.7. The Labute approximate surface area is 195 Å². The SMILES string of the molecule is COc1ccc(-c2c(C)c3cc(OCc4cc(Cl)cc5c4OCOC5)ccc3oc2=O)cc1. The van der Waals surface area contributed by atoms with Gasteiger partial charge in [-0.3, -0.25) is 0 Å². The lowest BCUT2D eigenvalue weighted by atomic mass is 9.99. The van der Waals surface area contributed by atoms with Crippen molar-refractivity contribution in [3.05, 3.63) is 86.7 Å². The molecule has 0 saturated heterocycles. The van der Waals surface area contributed by atoms with Gasteiger partial charge in [-0.25, -0.2) is 4.79 Å². The summed E-state index contributed by atoms with van der Waals surface area (Å²) in [6, 6.07) is 16.4. The fourth-order valence-corrected chi connectivity index (χ4v) is 4.30. The number of benzene rings is 3. The third-order valence-corrected chi connectivity index (χ3v) is 5.88. The first-order valence-corrected chi connectivity index (χ1v) is 10.8. The van der Waals surface area contributed by atoms with Gasteiger partial charge in [0.05, 0.1) is 19.3 Å². The number of halogens is 1. The third kappa shape index (κ3) is 4.15. The zero-order chi connectivity index (χ0) is 22.9. The van der Waals surface area contributed by atoms with Gasteiger partial charge in [0.1, 0.15) is 29.4 Å². The van der Waals surface area contributed by atoms with Gasteiger partial charge in [0.2, 0.25) is 0 Å². The van der Waals surface area contributed by atoms with Crippen LogP contribution in [0.5, 0.6) is 17.2 Å². The maximum atomic E-state index is 12.7. The van der Waals surface area contributed by atoms with Gasteiger partial charge in [0.25, 0.3) is 0 Å². The number of methoxy groups -OCH3 is 1. The van der Waals surface area contributed by atoms with E-state index in [1.165, 1.54) is 0 Å². The topological polar surface area (TPSA) is 67.1 Å². The molecular weight excluding hydrogens is 444 g/mol. The molecule has 0 bridgehead atoms. The minimum atomic E-state index is -0.385. The van der Waals surface area contributed by atoms with Crippen LogP contribution in [0.1, 0.15) is 16.7 Å². The van der Waals surface area contributed by atoms with Crippen LogP contribution in [0.2, 0.25) is 5.02 Å². The predicted molar refractivity (Wildman–Crippen MR) is 125 cm³/mol. The van der Waals surface area contributed by atoms with Crippen LogP contribution >= 0.6 is 11.6 Å². The zero-order valence-electron chi connectivity index (χ0n) is 18.1. The van der Waals surface area contributed by atoms with Crippen molar-refractivity contribution in [3.63, 3.8) is 0 Å². The molecule has 0 unspecified atom stereocenters. The molecule has 0 aliphatic carbocycles. The van der Waals surface area contributed by atoms with Crippen LogP contribution < -0.4 is 19.8 Å². The Hall–Kier alpha value is -3.48. The van der Waals surface area contributed by atoms with Crippen molar-refractivity contribution in [2.75, 3.05) is 13.9 Å². The Morgan fingerprint density at radius 2 is 1.82 bits per heavy atom. The second-order valence-electron chi connectivity index (χ2n) is 7.73. The molecule has 3 aromatic carbocycles. The Bertz CT molecular complexity index is 1390. The number of aryl methyl sites for hydroxylation is 1. The minimum absolute atomic E-state index is 0.198. The van der Waals surface area contributed by atoms with Crippen LogP contribution in [0, 0.1) is 6.92 Å². The van der Waals surface area contributed by atoms with Gasteiger partial charge in [-0.1, -0.05) is 23.7 Å². The fraction of sp³-hybridized carbons (Fsp3) is 0.192. The van der Waals surface area contributed by atoms with Crippen LogP contribution in [-0.2, 0) is 18.0 Å². The van der Waals surface area contributed by atoms with Crippen LogP contribution in [0.25, 0.3) is 22.1 Å². The molecule has 33 heavy (non-hydrogen) atoms. The molecule has 0 N–H and O–H groups in total. The molecule has 1 aliphatic rings. The van der Waals surface area contributed by atoms with Gasteiger partial charge >= 0.3 is 5.63 Å². The van der Waals surface area contributed by atoms with E-state index in [4.69, 9.17) is 35.0 Å². The maximum absolute atomic E-state index is 12.7. The summed E-state index contributed by atoms with van der Waals surface area (Å²) < 4.78 is 27.9. The van der Waals surface area contributed by atoms with Crippen molar-refractivity contribution in [3.8, 4) is 28.4 Å². The number of rotatable bonds is 5. The molecule has 6 nitrogen and oxygen atoms in total. The van der Waals surface area contributed by atoms with Crippen LogP contribution in [-0.4, -0.2) is 13.9 Å². The Morgan fingerprint density at radius 3 is 2.61 bits per heavy atom. The Balaban J connectivity index is 1.48. The van der Waals surface area contributed by atoms with Crippen LogP contribution in [0.3, 0.4) is 0 Å². The highest BCUT2D eigenvalue weighted by molar-refractivity contribution is 6.30. The molecular formula is C26H21ClO6. The third-order valence-electron chi connectivity index (χ3n) is 5.66. The van der Waals surface area contributed by atoms with Crippen LogP contribution in [0.4, 0.5) is 0 Å². The maximum Gasteiger partial charge on any atom is 0.344 e. The summed E-state index contributed by atoms with van der Waals surface area (Å²) in [6.45, 7) is 2.83. The molecule has 0 atom stereocenters. The highest BCUT2D eigenvalue weighted by Gasteiger charge is 2.18. The Morgan fingerprint density at radius 1 is 1.03 bits per heavy atom. The first-order valence-electron chi connectivity index (χ1n) is 10.4. The first kappa shape index (κ1) is 21.4. The van der Waals surface area contributed by atoms with Crippen molar-refractivity contribution in [1.82, 2.24) is 0 Å². The first-order chi connectivity index (χ1) is 16.0. The molecule has 168 valence electrons. The average Bonchev–Trinajstić information content (AvgIpc) is 2.83. The monoisotopic (exact) mass is 464 g/mol. The molecule has 0 fully saturated rings. The lowest BCUT2D eigenvalue weighted by molar-refractivity contribution is -0.0175. The molecule has 0 saturated carbocycles. The number of hydrogen-bond donors (Lipinski definition) is 0. The predicted octanol–water partition coefficient (Wildman–Crippen LogP) is 5.88. The van der Waals surface area contributed by atoms with E-state index in [2.05, 4.69) is 0 Å². The molecule has 1 aromatic heterocycles. The highest BCUT2D eigenvalue weighted by atomic mass is 35.5. The van der Waals surface area contributed by atoms with Crippen molar-refractivity contribution in [2.24, 2.45) is 0 Å². The van der Waals surface area contributed by atoms with Gasteiger partial charge in [0, 0.05) is 21.5 Å². The van der Waals surface area contributed by atoms with E-state index in [0.717, 1.165) is 39.1 Å². The van der Waals surface area contributed by atoms with E-state index < -0.39 is 0 Å². The van der Waals surface area contributed by atoms with Crippen molar-refractivity contribution >= 4 is 22.6 Å². The van der Waals surface area contributed by atoms with Gasteiger partial charge < -0.3 is 23.4 Å². The number of hydrogen-bond acceptors (Lipinski definition) is 6. The summed E-state index contributed by atoms with van der Waals surface area (Å²) in [5.74, 6) is 2.10. The number of ether oxygens (including phenoxy) is 4. The second-order valence-corrected chi connectivity index (χ2v) is 8.16. The average molecular weight is 465 g/mol. The molecule has 1 aliphatic heterocycles. The van der Waals surface area contributed by atoms with Crippen LogP contribution in [0.15, 0.2) is 63.8 Å². The molecule has 0 radical (unpaired) electrons. The zero-order valence-corrected chi connectivity index (χ0v) is 18.9. The van der Waals surface area contributed by atoms with E-state index in [0.29, 0.717) is 28.5 Å². The van der Waals surface area contributed by atoms with Crippen molar-refractivity contribution < 1.29 is 23.4 Å². The van der Waals surface area contributed by atoms with E-state index in [-0.39, 0.29) is 19.0 Å². The van der Waals surface area contributed by atoms with Crippen molar-refractivity contribution in [2.45, 2.75) is 20.1 Å². The molecule has 0 amide bonds. The fourth-order valence-electron chi connectivity index (χ4n) is 4.04. The van der Waals surface area contributed by atoms with Gasteiger partial charge in [-0.15, -0.1) is 0 Å². The molecule has 7 heteroatoms. The smallest absolute Gasteiger partial charge is 0.344 e. The van der Waals surface area contributed by atoms with Gasteiger partial charge in [0.15, 0.2) is 6.79 Å². The number of fused-ring (bicyclic) bond motifs is 2. The molecule has 2 heterocycles. The van der Waals surface area contributed by atoms with E-state index in [9.17, 15) is 4.79 Å². The summed E-state index contributed by atoms with van der Waals surface area (Å²) in [5, 5.41) is 1.40. The lowest BCUT2D eigenvalue weighted by Crippen LogP contribution is -2.14. The summed E-state index contributed by atoms with van der Waals surface area (Å²) in [6.07, 6.45) is 0. The summed E-state index contributed by atoms with van der Waals surface area (Å²) in [5.41, 5.74) is 3.95. The highest BCUT2D eigenvalue weighted by Crippen LogP contribution is 2.34. The molecule has 0 spiro atoms. The summed E-state index contributed by atoms with van der Waals surface area (Å²) in [7, 11) is 1.60.